The third kappa shape index (κ3) is 3.46. The van der Waals surface area contributed by atoms with E-state index in [9.17, 15) is 9.59 Å². The largest absolute Gasteiger partial charge is 0.481 e. The second kappa shape index (κ2) is 5.90. The zero-order valence-electron chi connectivity index (χ0n) is 11.4. The number of aromatic nitrogens is 1. The van der Waals surface area contributed by atoms with Gasteiger partial charge in [-0.25, -0.2) is 4.98 Å². The molecule has 1 amide bonds. The van der Waals surface area contributed by atoms with Crippen molar-refractivity contribution in [3.63, 3.8) is 0 Å². The highest BCUT2D eigenvalue weighted by Gasteiger charge is 2.26. The first-order valence-electron chi connectivity index (χ1n) is 6.73. The van der Waals surface area contributed by atoms with Crippen LogP contribution in [0.5, 0.6) is 0 Å². The van der Waals surface area contributed by atoms with Gasteiger partial charge in [0.2, 0.25) is 5.91 Å². The highest BCUT2D eigenvalue weighted by Crippen LogP contribution is 2.26. The van der Waals surface area contributed by atoms with Crippen LogP contribution < -0.4 is 11.1 Å². The summed E-state index contributed by atoms with van der Waals surface area (Å²) in [5.74, 6) is -0.807. The summed E-state index contributed by atoms with van der Waals surface area (Å²) in [7, 11) is 0. The number of nitrogens with one attached hydrogen (secondary N) is 1. The Hall–Kier alpha value is -2.11. The van der Waals surface area contributed by atoms with E-state index in [0.29, 0.717) is 24.2 Å². The Morgan fingerprint density at radius 1 is 1.30 bits per heavy atom. The van der Waals surface area contributed by atoms with Gasteiger partial charge in [0.25, 0.3) is 0 Å². The van der Waals surface area contributed by atoms with Gasteiger partial charge in [-0.2, -0.15) is 0 Å². The van der Waals surface area contributed by atoms with Crippen molar-refractivity contribution in [2.75, 3.05) is 5.32 Å². The summed E-state index contributed by atoms with van der Waals surface area (Å²) in [6, 6.07) is 3.48. The lowest BCUT2D eigenvalue weighted by molar-refractivity contribution is -0.142. The molecular weight excluding hydrogens is 258 g/mol. The molecule has 0 aliphatic heterocycles. The third-order valence-electron chi connectivity index (χ3n) is 3.67. The van der Waals surface area contributed by atoms with Crippen molar-refractivity contribution in [3.8, 4) is 0 Å². The van der Waals surface area contributed by atoms with Crippen molar-refractivity contribution in [3.05, 3.63) is 23.4 Å². The molecule has 0 unspecified atom stereocenters. The number of primary amides is 1. The maximum atomic E-state index is 11.2. The summed E-state index contributed by atoms with van der Waals surface area (Å²) in [5, 5.41) is 12.2. The molecule has 0 atom stereocenters. The molecule has 0 radical (unpaired) electrons. The fourth-order valence-corrected chi connectivity index (χ4v) is 2.58. The van der Waals surface area contributed by atoms with Crippen LogP contribution in [-0.4, -0.2) is 28.0 Å². The molecule has 1 saturated carbocycles. The number of carboxylic acids is 1. The zero-order chi connectivity index (χ0) is 14.7. The van der Waals surface area contributed by atoms with E-state index in [1.807, 2.05) is 0 Å². The number of hydrogen-bond donors (Lipinski definition) is 3. The molecule has 1 heterocycles. The zero-order valence-corrected chi connectivity index (χ0v) is 11.4. The van der Waals surface area contributed by atoms with Crippen LogP contribution in [0.2, 0.25) is 0 Å². The molecule has 0 spiro atoms. The van der Waals surface area contributed by atoms with Crippen LogP contribution in [-0.2, 0) is 4.79 Å². The Morgan fingerprint density at radius 3 is 2.50 bits per heavy atom. The van der Waals surface area contributed by atoms with Crippen molar-refractivity contribution in [1.29, 1.82) is 0 Å². The standard InChI is InChI=1S/C14H19N3O3/c1-8-6-10(13(15)18)7-12(16-8)17-11-4-2-9(3-5-11)14(19)20/h6-7,9,11H,2-5H2,1H3,(H2,15,18)(H,16,17)(H,19,20). The van der Waals surface area contributed by atoms with Gasteiger partial charge >= 0.3 is 5.97 Å². The van der Waals surface area contributed by atoms with Crippen LogP contribution in [0.15, 0.2) is 12.1 Å². The minimum absolute atomic E-state index is 0.195. The highest BCUT2D eigenvalue weighted by atomic mass is 16.4. The fraction of sp³-hybridized carbons (Fsp3) is 0.500. The van der Waals surface area contributed by atoms with E-state index >= 15 is 0 Å². The lowest BCUT2D eigenvalue weighted by Crippen LogP contribution is -2.29. The number of aliphatic carboxylic acids is 1. The third-order valence-corrected chi connectivity index (χ3v) is 3.67. The molecule has 108 valence electrons. The molecule has 20 heavy (non-hydrogen) atoms. The number of carbonyl (C=O) groups excluding carboxylic acids is 1. The highest BCUT2D eigenvalue weighted by molar-refractivity contribution is 5.93. The Morgan fingerprint density at radius 2 is 1.95 bits per heavy atom. The molecule has 4 N–H and O–H groups in total. The maximum absolute atomic E-state index is 11.2. The number of carbonyl (C=O) groups is 2. The summed E-state index contributed by atoms with van der Waals surface area (Å²) in [6.07, 6.45) is 2.92. The van der Waals surface area contributed by atoms with Crippen LogP contribution in [0, 0.1) is 12.8 Å². The average Bonchev–Trinajstić information content (AvgIpc) is 2.38. The van der Waals surface area contributed by atoms with Gasteiger partial charge in [-0.1, -0.05) is 0 Å². The first kappa shape index (κ1) is 14.3. The van der Waals surface area contributed by atoms with Gasteiger partial charge in [0.05, 0.1) is 5.92 Å². The maximum Gasteiger partial charge on any atom is 0.306 e. The number of anilines is 1. The van der Waals surface area contributed by atoms with E-state index in [4.69, 9.17) is 10.8 Å². The van der Waals surface area contributed by atoms with Crippen LogP contribution in [0.3, 0.4) is 0 Å². The molecule has 2 rings (SSSR count). The number of nitrogens with zero attached hydrogens (tertiary/aromatic N) is 1. The smallest absolute Gasteiger partial charge is 0.306 e. The average molecular weight is 277 g/mol. The minimum Gasteiger partial charge on any atom is -0.481 e. The van der Waals surface area contributed by atoms with E-state index in [1.54, 1.807) is 19.1 Å². The molecule has 0 saturated heterocycles. The second-order valence-corrected chi connectivity index (χ2v) is 5.28. The first-order chi connectivity index (χ1) is 9.45. The van der Waals surface area contributed by atoms with Gasteiger partial charge in [-0.15, -0.1) is 0 Å². The normalized spacial score (nSPS) is 22.2. The Labute approximate surface area is 117 Å². The molecule has 0 bridgehead atoms. The van der Waals surface area contributed by atoms with E-state index in [2.05, 4.69) is 10.3 Å². The van der Waals surface area contributed by atoms with Crippen LogP contribution in [0.4, 0.5) is 5.82 Å². The van der Waals surface area contributed by atoms with Crippen molar-refractivity contribution < 1.29 is 14.7 Å². The lowest BCUT2D eigenvalue weighted by Gasteiger charge is -2.27. The Balaban J connectivity index is 2.01. The van der Waals surface area contributed by atoms with E-state index in [0.717, 1.165) is 18.5 Å². The van der Waals surface area contributed by atoms with Gasteiger partial charge in [0.15, 0.2) is 0 Å². The fourth-order valence-electron chi connectivity index (χ4n) is 2.58. The second-order valence-electron chi connectivity index (χ2n) is 5.28. The number of nitrogens with two attached hydrogens (primary N) is 1. The van der Waals surface area contributed by atoms with Crippen LogP contribution in [0.1, 0.15) is 41.7 Å². The summed E-state index contributed by atoms with van der Waals surface area (Å²) in [4.78, 5) is 26.4. The predicted molar refractivity (Wildman–Crippen MR) is 74.5 cm³/mol. The molecule has 1 aliphatic rings. The molecule has 6 heteroatoms. The molecule has 1 aromatic heterocycles. The molecular formula is C14H19N3O3. The summed E-state index contributed by atoms with van der Waals surface area (Å²) >= 11 is 0. The minimum atomic E-state index is -0.715. The monoisotopic (exact) mass is 277 g/mol. The van der Waals surface area contributed by atoms with Crippen LogP contribution >= 0.6 is 0 Å². The van der Waals surface area contributed by atoms with E-state index < -0.39 is 11.9 Å². The van der Waals surface area contributed by atoms with Gasteiger partial charge < -0.3 is 16.2 Å². The summed E-state index contributed by atoms with van der Waals surface area (Å²) < 4.78 is 0. The molecule has 6 nitrogen and oxygen atoms in total. The number of hydrogen-bond acceptors (Lipinski definition) is 4. The predicted octanol–water partition coefficient (Wildman–Crippen LogP) is 1.54. The number of rotatable bonds is 4. The number of pyridine rings is 1. The lowest BCUT2D eigenvalue weighted by atomic mass is 9.86. The summed E-state index contributed by atoms with van der Waals surface area (Å²) in [5.41, 5.74) is 6.43. The molecule has 0 aromatic carbocycles. The van der Waals surface area contributed by atoms with Crippen LogP contribution in [0.25, 0.3) is 0 Å². The van der Waals surface area contributed by atoms with E-state index in [-0.39, 0.29) is 12.0 Å². The number of aryl methyl sites for hydroxylation is 1. The van der Waals surface area contributed by atoms with E-state index in [1.165, 1.54) is 0 Å². The van der Waals surface area contributed by atoms with Gasteiger partial charge in [0.1, 0.15) is 5.82 Å². The number of amides is 1. The Bertz CT molecular complexity index is 522. The van der Waals surface area contributed by atoms with Gasteiger partial charge in [-0.05, 0) is 44.7 Å². The van der Waals surface area contributed by atoms with Crippen molar-refractivity contribution >= 4 is 17.7 Å². The van der Waals surface area contributed by atoms with Gasteiger partial charge in [-0.3, -0.25) is 9.59 Å². The topological polar surface area (TPSA) is 105 Å². The van der Waals surface area contributed by atoms with Crippen molar-refractivity contribution in [1.82, 2.24) is 4.98 Å². The Kier molecular flexibility index (Phi) is 4.22. The first-order valence-corrected chi connectivity index (χ1v) is 6.73. The summed E-state index contributed by atoms with van der Waals surface area (Å²) in [6.45, 7) is 1.80. The molecule has 1 fully saturated rings. The van der Waals surface area contributed by atoms with Crippen molar-refractivity contribution in [2.45, 2.75) is 38.6 Å². The van der Waals surface area contributed by atoms with Crippen molar-refractivity contribution in [2.24, 2.45) is 11.7 Å². The molecule has 1 aromatic rings. The molecule has 1 aliphatic carbocycles. The number of carboxylic acid groups (broad SMARTS) is 1. The van der Waals surface area contributed by atoms with Gasteiger partial charge in [0, 0.05) is 17.3 Å². The quantitative estimate of drug-likeness (QED) is 0.774. The SMILES string of the molecule is Cc1cc(C(N)=O)cc(NC2CCC(C(=O)O)CC2)n1.